The standard InChI is InChI=1S/C16H23N3O2/c1-3-17-12-9-14-4-5-15(10-12)18(14)13-6-7-16(19(20)21)11(2)8-13/h6-8,12,14-15,17H,3-5,9-10H2,1-2H3. The molecule has 21 heavy (non-hydrogen) atoms. The van der Waals surface area contributed by atoms with Gasteiger partial charge in [-0.3, -0.25) is 10.1 Å². The zero-order chi connectivity index (χ0) is 15.0. The van der Waals surface area contributed by atoms with E-state index in [1.54, 1.807) is 6.07 Å². The van der Waals surface area contributed by atoms with Crippen LogP contribution >= 0.6 is 0 Å². The van der Waals surface area contributed by atoms with E-state index in [0.717, 1.165) is 17.8 Å². The molecule has 0 radical (unpaired) electrons. The molecule has 0 spiro atoms. The van der Waals surface area contributed by atoms with E-state index < -0.39 is 0 Å². The number of nitrogens with zero attached hydrogens (tertiary/aromatic N) is 2. The van der Waals surface area contributed by atoms with Crippen LogP contribution in [0.25, 0.3) is 0 Å². The number of rotatable bonds is 4. The highest BCUT2D eigenvalue weighted by Gasteiger charge is 2.40. The predicted octanol–water partition coefficient (Wildman–Crippen LogP) is 3.01. The fraction of sp³-hybridized carbons (Fsp3) is 0.625. The highest BCUT2D eigenvalue weighted by Crippen LogP contribution is 2.40. The van der Waals surface area contributed by atoms with Crippen LogP contribution < -0.4 is 10.2 Å². The summed E-state index contributed by atoms with van der Waals surface area (Å²) in [6.07, 6.45) is 4.84. The summed E-state index contributed by atoms with van der Waals surface area (Å²) in [5.41, 5.74) is 2.12. The van der Waals surface area contributed by atoms with Gasteiger partial charge in [0.2, 0.25) is 0 Å². The van der Waals surface area contributed by atoms with Gasteiger partial charge in [0.05, 0.1) is 4.92 Å². The van der Waals surface area contributed by atoms with Gasteiger partial charge >= 0.3 is 0 Å². The summed E-state index contributed by atoms with van der Waals surface area (Å²) >= 11 is 0. The lowest BCUT2D eigenvalue weighted by atomic mass is 9.96. The van der Waals surface area contributed by atoms with Crippen LogP contribution in [0.4, 0.5) is 11.4 Å². The molecule has 114 valence electrons. The molecule has 2 aliphatic heterocycles. The van der Waals surface area contributed by atoms with Gasteiger partial charge in [-0.25, -0.2) is 0 Å². The van der Waals surface area contributed by atoms with Crippen LogP contribution in [-0.2, 0) is 0 Å². The van der Waals surface area contributed by atoms with Crippen molar-refractivity contribution in [1.82, 2.24) is 5.32 Å². The van der Waals surface area contributed by atoms with Crippen LogP contribution in [0.15, 0.2) is 18.2 Å². The maximum atomic E-state index is 10.9. The van der Waals surface area contributed by atoms with Crippen molar-refractivity contribution in [2.45, 2.75) is 57.7 Å². The Morgan fingerprint density at radius 2 is 2.00 bits per heavy atom. The molecule has 2 saturated heterocycles. The van der Waals surface area contributed by atoms with E-state index in [1.165, 1.54) is 25.7 Å². The first-order valence-electron chi connectivity index (χ1n) is 7.87. The molecule has 2 unspecified atom stereocenters. The number of benzene rings is 1. The molecule has 5 heteroatoms. The van der Waals surface area contributed by atoms with Crippen molar-refractivity contribution in [1.29, 1.82) is 0 Å². The Hall–Kier alpha value is -1.62. The lowest BCUT2D eigenvalue weighted by molar-refractivity contribution is -0.385. The normalized spacial score (nSPS) is 27.9. The number of nitrogens with one attached hydrogen (secondary N) is 1. The summed E-state index contributed by atoms with van der Waals surface area (Å²) in [7, 11) is 0. The first-order valence-corrected chi connectivity index (χ1v) is 7.87. The topological polar surface area (TPSA) is 58.4 Å². The van der Waals surface area contributed by atoms with Crippen LogP contribution in [0.3, 0.4) is 0 Å². The van der Waals surface area contributed by atoms with Crippen molar-refractivity contribution in [3.05, 3.63) is 33.9 Å². The number of nitro benzene ring substituents is 1. The van der Waals surface area contributed by atoms with Gasteiger partial charge in [-0.1, -0.05) is 6.92 Å². The maximum absolute atomic E-state index is 10.9. The fourth-order valence-electron chi connectivity index (χ4n) is 4.06. The number of hydrogen-bond acceptors (Lipinski definition) is 4. The molecule has 2 bridgehead atoms. The highest BCUT2D eigenvalue weighted by molar-refractivity contribution is 5.57. The number of piperidine rings is 1. The third kappa shape index (κ3) is 2.62. The van der Waals surface area contributed by atoms with Gasteiger partial charge in [0.25, 0.3) is 5.69 Å². The maximum Gasteiger partial charge on any atom is 0.272 e. The second-order valence-electron chi connectivity index (χ2n) is 6.25. The van der Waals surface area contributed by atoms with E-state index in [4.69, 9.17) is 0 Å². The summed E-state index contributed by atoms with van der Waals surface area (Å²) in [6, 6.07) is 7.34. The zero-order valence-corrected chi connectivity index (χ0v) is 12.7. The van der Waals surface area contributed by atoms with Gasteiger partial charge in [0.1, 0.15) is 0 Å². The third-order valence-corrected chi connectivity index (χ3v) is 4.90. The smallest absolute Gasteiger partial charge is 0.272 e. The van der Waals surface area contributed by atoms with Crippen molar-refractivity contribution in [2.24, 2.45) is 0 Å². The lowest BCUT2D eigenvalue weighted by Crippen LogP contribution is -2.49. The van der Waals surface area contributed by atoms with E-state index in [1.807, 2.05) is 19.1 Å². The van der Waals surface area contributed by atoms with Crippen LogP contribution in [0.2, 0.25) is 0 Å². The molecular formula is C16H23N3O2. The number of fused-ring (bicyclic) bond motifs is 2. The molecule has 2 aliphatic rings. The molecule has 0 amide bonds. The molecule has 2 fully saturated rings. The molecule has 3 rings (SSSR count). The van der Waals surface area contributed by atoms with E-state index in [-0.39, 0.29) is 10.6 Å². The van der Waals surface area contributed by atoms with E-state index in [9.17, 15) is 10.1 Å². The quantitative estimate of drug-likeness (QED) is 0.684. The van der Waals surface area contributed by atoms with Crippen LogP contribution in [0, 0.1) is 17.0 Å². The van der Waals surface area contributed by atoms with Crippen LogP contribution in [-0.4, -0.2) is 29.6 Å². The average Bonchev–Trinajstić information content (AvgIpc) is 2.70. The molecule has 2 heterocycles. The monoisotopic (exact) mass is 289 g/mol. The summed E-state index contributed by atoms with van der Waals surface area (Å²) in [5, 5.41) is 14.5. The largest absolute Gasteiger partial charge is 0.365 e. The summed E-state index contributed by atoms with van der Waals surface area (Å²) in [4.78, 5) is 13.2. The first-order chi connectivity index (χ1) is 10.1. The minimum atomic E-state index is -0.300. The molecule has 0 saturated carbocycles. The van der Waals surface area contributed by atoms with Gasteiger partial charge in [-0.15, -0.1) is 0 Å². The Balaban J connectivity index is 1.82. The van der Waals surface area contributed by atoms with Gasteiger partial charge < -0.3 is 10.2 Å². The van der Waals surface area contributed by atoms with E-state index >= 15 is 0 Å². The Morgan fingerprint density at radius 1 is 1.33 bits per heavy atom. The molecular weight excluding hydrogens is 266 g/mol. The SMILES string of the molecule is CCNC1CC2CCC(C1)N2c1ccc([N+](=O)[O-])c(C)c1. The molecule has 2 atom stereocenters. The fourth-order valence-corrected chi connectivity index (χ4v) is 4.06. The van der Waals surface area contributed by atoms with E-state index in [0.29, 0.717) is 18.1 Å². The predicted molar refractivity (Wildman–Crippen MR) is 83.8 cm³/mol. The van der Waals surface area contributed by atoms with Gasteiger partial charge in [0, 0.05) is 35.4 Å². The molecule has 0 aromatic heterocycles. The first kappa shape index (κ1) is 14.3. The minimum absolute atomic E-state index is 0.216. The highest BCUT2D eigenvalue weighted by atomic mass is 16.6. The molecule has 1 aromatic carbocycles. The molecule has 1 N–H and O–H groups in total. The second kappa shape index (κ2) is 5.64. The number of nitro groups is 1. The zero-order valence-electron chi connectivity index (χ0n) is 12.7. The average molecular weight is 289 g/mol. The third-order valence-electron chi connectivity index (χ3n) is 4.90. The van der Waals surface area contributed by atoms with Gasteiger partial charge in [-0.05, 0) is 51.3 Å². The number of aryl methyl sites for hydroxylation is 1. The van der Waals surface area contributed by atoms with Crippen LogP contribution in [0.1, 0.15) is 38.2 Å². The van der Waals surface area contributed by atoms with Gasteiger partial charge in [0.15, 0.2) is 0 Å². The Kier molecular flexibility index (Phi) is 3.85. The Labute approximate surface area is 125 Å². The molecule has 5 nitrogen and oxygen atoms in total. The second-order valence-corrected chi connectivity index (χ2v) is 6.25. The van der Waals surface area contributed by atoms with Crippen molar-refractivity contribution in [2.75, 3.05) is 11.4 Å². The number of hydrogen-bond donors (Lipinski definition) is 1. The Bertz CT molecular complexity index is 532. The van der Waals surface area contributed by atoms with Gasteiger partial charge in [-0.2, -0.15) is 0 Å². The Morgan fingerprint density at radius 3 is 2.52 bits per heavy atom. The van der Waals surface area contributed by atoms with Crippen LogP contribution in [0.5, 0.6) is 0 Å². The lowest BCUT2D eigenvalue weighted by Gasteiger charge is -2.41. The minimum Gasteiger partial charge on any atom is -0.365 e. The van der Waals surface area contributed by atoms with Crippen molar-refractivity contribution in [3.63, 3.8) is 0 Å². The molecule has 1 aromatic rings. The molecule has 0 aliphatic carbocycles. The van der Waals surface area contributed by atoms with Crippen molar-refractivity contribution in [3.8, 4) is 0 Å². The summed E-state index contributed by atoms with van der Waals surface area (Å²) < 4.78 is 0. The van der Waals surface area contributed by atoms with Crippen molar-refractivity contribution >= 4 is 11.4 Å². The summed E-state index contributed by atoms with van der Waals surface area (Å²) in [6.45, 7) is 5.02. The summed E-state index contributed by atoms with van der Waals surface area (Å²) in [5.74, 6) is 0. The van der Waals surface area contributed by atoms with Crippen molar-refractivity contribution < 1.29 is 4.92 Å². The number of anilines is 1. The van der Waals surface area contributed by atoms with E-state index in [2.05, 4.69) is 17.1 Å².